The molecule has 0 N–H and O–H groups in total. The van der Waals surface area contributed by atoms with Crippen molar-refractivity contribution in [2.24, 2.45) is 0 Å². The highest BCUT2D eigenvalue weighted by molar-refractivity contribution is 7.26. The standard InChI is InChI=1S/C27H23NS/c1-27(2,3)20-14-15-28-24(17-20)23-11-7-10-22-21-13-12-19(16-25(21)29-26(22)23)18-8-5-4-6-9-18/h4-17H,1-3H3/i1D3,2D3,3D3. The molecule has 0 aliphatic rings. The van der Waals surface area contributed by atoms with E-state index < -0.39 is 26.0 Å². The molecule has 2 heterocycles. The van der Waals surface area contributed by atoms with Gasteiger partial charge in [-0.25, -0.2) is 0 Å². The van der Waals surface area contributed by atoms with Crippen molar-refractivity contribution < 1.29 is 12.3 Å². The summed E-state index contributed by atoms with van der Waals surface area (Å²) in [5.74, 6) is 0. The number of nitrogens with zero attached hydrogens (tertiary/aromatic N) is 1. The van der Waals surface area contributed by atoms with Gasteiger partial charge < -0.3 is 0 Å². The van der Waals surface area contributed by atoms with Gasteiger partial charge in [-0.3, -0.25) is 4.98 Å². The van der Waals surface area contributed by atoms with Crippen molar-refractivity contribution in [1.82, 2.24) is 4.98 Å². The first-order valence-electron chi connectivity index (χ1n) is 13.7. The van der Waals surface area contributed by atoms with Gasteiger partial charge in [-0.2, -0.15) is 0 Å². The molecule has 1 nitrogen and oxygen atoms in total. The van der Waals surface area contributed by atoms with Crippen LogP contribution in [-0.2, 0) is 5.41 Å². The first kappa shape index (κ1) is 10.7. The molecule has 0 radical (unpaired) electrons. The highest BCUT2D eigenvalue weighted by atomic mass is 32.1. The lowest BCUT2D eigenvalue weighted by atomic mass is 9.87. The van der Waals surface area contributed by atoms with Crippen LogP contribution in [0.5, 0.6) is 0 Å². The van der Waals surface area contributed by atoms with Crippen LogP contribution in [0.15, 0.2) is 85.1 Å². The molecule has 2 aromatic heterocycles. The van der Waals surface area contributed by atoms with E-state index in [1.807, 2.05) is 48.5 Å². The summed E-state index contributed by atoms with van der Waals surface area (Å²) in [5, 5.41) is 2.02. The topological polar surface area (TPSA) is 12.9 Å². The number of fused-ring (bicyclic) bond motifs is 3. The molecule has 0 amide bonds. The minimum absolute atomic E-state index is 0.310. The van der Waals surface area contributed by atoms with Crippen LogP contribution in [0, 0.1) is 0 Å². The average molecular weight is 403 g/mol. The zero-order valence-corrected chi connectivity index (χ0v) is 16.3. The molecule has 0 aliphatic carbocycles. The van der Waals surface area contributed by atoms with Crippen molar-refractivity contribution >= 4 is 31.5 Å². The number of benzene rings is 3. The fourth-order valence-corrected chi connectivity index (χ4v) is 4.89. The Morgan fingerprint density at radius 2 is 1.66 bits per heavy atom. The minimum atomic E-state index is -3.33. The van der Waals surface area contributed by atoms with Crippen LogP contribution in [0.4, 0.5) is 0 Å². The Morgan fingerprint density at radius 1 is 0.793 bits per heavy atom. The van der Waals surface area contributed by atoms with Gasteiger partial charge in [0, 0.05) is 44.3 Å². The molecule has 0 saturated carbocycles. The Balaban J connectivity index is 1.72. The third-order valence-corrected chi connectivity index (χ3v) is 6.28. The van der Waals surface area contributed by atoms with E-state index in [1.165, 1.54) is 18.3 Å². The zero-order valence-electron chi connectivity index (χ0n) is 24.4. The molecular formula is C27H23NS. The summed E-state index contributed by atoms with van der Waals surface area (Å²) in [6.45, 7) is -10.0. The maximum atomic E-state index is 8.05. The third-order valence-electron chi connectivity index (χ3n) is 5.07. The van der Waals surface area contributed by atoms with Crippen molar-refractivity contribution in [1.29, 1.82) is 0 Å². The Kier molecular flexibility index (Phi) is 2.52. The summed E-state index contributed by atoms with van der Waals surface area (Å²) < 4.78 is 74.4. The second-order valence-corrected chi connectivity index (χ2v) is 8.09. The Bertz CT molecular complexity index is 1590. The number of hydrogen-bond acceptors (Lipinski definition) is 2. The van der Waals surface area contributed by atoms with E-state index in [0.717, 1.165) is 31.3 Å². The maximum Gasteiger partial charge on any atom is 0.0719 e. The third kappa shape index (κ3) is 3.24. The van der Waals surface area contributed by atoms with E-state index in [-0.39, 0.29) is 5.56 Å². The van der Waals surface area contributed by atoms with E-state index in [0.29, 0.717) is 11.3 Å². The predicted molar refractivity (Wildman–Crippen MR) is 127 cm³/mol. The molecule has 29 heavy (non-hydrogen) atoms. The second kappa shape index (κ2) is 6.82. The Morgan fingerprint density at radius 3 is 2.48 bits per heavy atom. The monoisotopic (exact) mass is 402 g/mol. The summed E-state index contributed by atoms with van der Waals surface area (Å²) in [6, 6.07) is 24.4. The summed E-state index contributed by atoms with van der Waals surface area (Å²) in [7, 11) is 0. The van der Waals surface area contributed by atoms with Gasteiger partial charge in [0.25, 0.3) is 0 Å². The molecule has 0 saturated heterocycles. The molecule has 0 unspecified atom stereocenters. The van der Waals surface area contributed by atoms with Crippen LogP contribution in [0.1, 0.15) is 38.5 Å². The number of rotatable bonds is 2. The van der Waals surface area contributed by atoms with Crippen molar-refractivity contribution in [2.45, 2.75) is 26.0 Å². The van der Waals surface area contributed by atoms with Crippen molar-refractivity contribution in [3.8, 4) is 22.4 Å². The van der Waals surface area contributed by atoms with E-state index in [1.54, 1.807) is 11.3 Å². The van der Waals surface area contributed by atoms with Crippen molar-refractivity contribution in [3.05, 3.63) is 90.6 Å². The van der Waals surface area contributed by atoms with E-state index in [9.17, 15) is 0 Å². The molecule has 3 aromatic carbocycles. The van der Waals surface area contributed by atoms with Gasteiger partial charge in [-0.05, 0) is 40.3 Å². The fraction of sp³-hybridized carbons (Fsp3) is 0.148. The second-order valence-electron chi connectivity index (χ2n) is 7.04. The number of pyridine rings is 1. The minimum Gasteiger partial charge on any atom is -0.256 e. The molecule has 0 bridgehead atoms. The normalized spacial score (nSPS) is 17.9. The largest absolute Gasteiger partial charge is 0.256 e. The highest BCUT2D eigenvalue weighted by Gasteiger charge is 2.16. The zero-order chi connectivity index (χ0) is 27.5. The Hall–Kier alpha value is -2.97. The molecule has 142 valence electrons. The molecule has 5 aromatic rings. The Labute approximate surface area is 188 Å². The van der Waals surface area contributed by atoms with Crippen molar-refractivity contribution in [2.75, 3.05) is 0 Å². The number of aromatic nitrogens is 1. The van der Waals surface area contributed by atoms with Crippen LogP contribution in [0.25, 0.3) is 42.6 Å². The highest BCUT2D eigenvalue weighted by Crippen LogP contribution is 2.41. The number of hydrogen-bond donors (Lipinski definition) is 0. The van der Waals surface area contributed by atoms with Gasteiger partial charge in [0.1, 0.15) is 0 Å². The van der Waals surface area contributed by atoms with Crippen LogP contribution in [0.3, 0.4) is 0 Å². The lowest BCUT2D eigenvalue weighted by Gasteiger charge is -2.19. The summed E-state index contributed by atoms with van der Waals surface area (Å²) in [6.07, 6.45) is 1.28. The van der Waals surface area contributed by atoms with Gasteiger partial charge in [-0.1, -0.05) is 81.2 Å². The molecule has 2 heteroatoms. The number of thiophene rings is 1. The smallest absolute Gasteiger partial charge is 0.0719 e. The molecule has 5 rings (SSSR count). The lowest BCUT2D eigenvalue weighted by molar-refractivity contribution is 0.589. The van der Waals surface area contributed by atoms with Gasteiger partial charge in [0.15, 0.2) is 0 Å². The predicted octanol–water partition coefficient (Wildman–Crippen LogP) is 8.08. The first-order valence-corrected chi connectivity index (χ1v) is 10.0. The molecule has 0 spiro atoms. The maximum absolute atomic E-state index is 8.05. The molecule has 0 atom stereocenters. The quantitative estimate of drug-likeness (QED) is 0.291. The molecular weight excluding hydrogens is 370 g/mol. The summed E-state index contributed by atoms with van der Waals surface area (Å²) >= 11 is 1.55. The first-order chi connectivity index (χ1) is 17.8. The van der Waals surface area contributed by atoms with Gasteiger partial charge in [0.05, 0.1) is 5.69 Å². The van der Waals surface area contributed by atoms with Crippen LogP contribution >= 0.6 is 11.3 Å². The summed E-state index contributed by atoms with van der Waals surface area (Å²) in [5.41, 5.74) is -0.246. The van der Waals surface area contributed by atoms with Crippen molar-refractivity contribution in [3.63, 3.8) is 0 Å². The van der Waals surface area contributed by atoms with E-state index >= 15 is 0 Å². The van der Waals surface area contributed by atoms with Gasteiger partial charge in [0.2, 0.25) is 0 Å². The average Bonchev–Trinajstić information content (AvgIpc) is 3.20. The van der Waals surface area contributed by atoms with E-state index in [4.69, 9.17) is 12.3 Å². The van der Waals surface area contributed by atoms with Gasteiger partial charge >= 0.3 is 0 Å². The fourth-order valence-electron chi connectivity index (χ4n) is 3.62. The van der Waals surface area contributed by atoms with Crippen LogP contribution in [0.2, 0.25) is 0 Å². The molecule has 0 fully saturated rings. The van der Waals surface area contributed by atoms with E-state index in [2.05, 4.69) is 23.2 Å². The summed E-state index contributed by atoms with van der Waals surface area (Å²) in [4.78, 5) is 4.41. The van der Waals surface area contributed by atoms with Crippen LogP contribution in [-0.4, -0.2) is 4.98 Å². The SMILES string of the molecule is [2H]C([2H])([2H])C(c1ccnc(-c2cccc3c2sc2cc(-c4ccccc4)ccc23)c1)(C([2H])([2H])[2H])C([2H])([2H])[2H]. The lowest BCUT2D eigenvalue weighted by Crippen LogP contribution is -2.11. The van der Waals surface area contributed by atoms with Gasteiger partial charge in [-0.15, -0.1) is 11.3 Å². The van der Waals surface area contributed by atoms with Crippen LogP contribution < -0.4 is 0 Å². The molecule has 0 aliphatic heterocycles.